The molecule has 1 aromatic rings. The van der Waals surface area contributed by atoms with Gasteiger partial charge in [0.1, 0.15) is 5.82 Å². The summed E-state index contributed by atoms with van der Waals surface area (Å²) in [6.07, 6.45) is 4.60. The van der Waals surface area contributed by atoms with Gasteiger partial charge in [-0.1, -0.05) is 0 Å². The van der Waals surface area contributed by atoms with Crippen LogP contribution >= 0.6 is 0 Å². The zero-order valence-electron chi connectivity index (χ0n) is 13.6. The van der Waals surface area contributed by atoms with E-state index in [1.807, 2.05) is 0 Å². The Labute approximate surface area is 140 Å². The molecule has 0 unspecified atom stereocenters. The summed E-state index contributed by atoms with van der Waals surface area (Å²) in [6.45, 7) is 0.790. The van der Waals surface area contributed by atoms with E-state index < -0.39 is 11.7 Å². The minimum atomic E-state index is -0.577. The van der Waals surface area contributed by atoms with Crippen LogP contribution in [-0.2, 0) is 4.79 Å². The lowest BCUT2D eigenvalue weighted by Crippen LogP contribution is -2.38. The molecule has 1 aliphatic heterocycles. The summed E-state index contributed by atoms with van der Waals surface area (Å²) in [4.78, 5) is 25.9. The second-order valence-corrected chi connectivity index (χ2v) is 6.69. The van der Waals surface area contributed by atoms with Gasteiger partial charge in [0.2, 0.25) is 5.91 Å². The summed E-state index contributed by atoms with van der Waals surface area (Å²) in [7, 11) is 0. The molecular formula is C18H23FN2O3. The van der Waals surface area contributed by atoms with E-state index in [1.54, 1.807) is 11.0 Å². The van der Waals surface area contributed by atoms with Crippen molar-refractivity contribution in [2.24, 2.45) is 5.92 Å². The van der Waals surface area contributed by atoms with Crippen molar-refractivity contribution in [1.82, 2.24) is 5.32 Å². The summed E-state index contributed by atoms with van der Waals surface area (Å²) >= 11 is 0. The molecule has 1 saturated heterocycles. The number of carbonyl (C=O) groups excluding carboxylic acids is 2. The standard InChI is InChI=1S/C18H23FN2O3/c19-16-8-7-14(21-9-1-2-17(21)23)10-15(16)18(24)20-13-5-3-12(11-22)4-6-13/h7-8,10,12-13,22H,1-6,9,11H2,(H,20,24). The normalized spacial score (nSPS) is 24.2. The van der Waals surface area contributed by atoms with Crippen LogP contribution in [-0.4, -0.2) is 36.1 Å². The van der Waals surface area contributed by atoms with Gasteiger partial charge in [-0.3, -0.25) is 9.59 Å². The van der Waals surface area contributed by atoms with Crippen LogP contribution in [0.2, 0.25) is 0 Å². The van der Waals surface area contributed by atoms with E-state index >= 15 is 0 Å². The Morgan fingerprint density at radius 1 is 1.29 bits per heavy atom. The van der Waals surface area contributed by atoms with Crippen molar-refractivity contribution in [1.29, 1.82) is 0 Å². The third-order valence-electron chi connectivity index (χ3n) is 5.02. The van der Waals surface area contributed by atoms with E-state index in [0.717, 1.165) is 32.1 Å². The minimum absolute atomic E-state index is 0.00953. The van der Waals surface area contributed by atoms with Crippen molar-refractivity contribution in [2.45, 2.75) is 44.6 Å². The first-order valence-electron chi connectivity index (χ1n) is 8.60. The predicted molar refractivity (Wildman–Crippen MR) is 88.3 cm³/mol. The Balaban J connectivity index is 1.69. The topological polar surface area (TPSA) is 69.6 Å². The number of rotatable bonds is 4. The Hall–Kier alpha value is -1.95. The van der Waals surface area contributed by atoms with E-state index in [9.17, 15) is 14.0 Å². The number of carbonyl (C=O) groups is 2. The van der Waals surface area contributed by atoms with Crippen molar-refractivity contribution in [3.8, 4) is 0 Å². The van der Waals surface area contributed by atoms with Crippen molar-refractivity contribution in [2.75, 3.05) is 18.1 Å². The van der Waals surface area contributed by atoms with Crippen LogP contribution in [0.25, 0.3) is 0 Å². The van der Waals surface area contributed by atoms with E-state index in [4.69, 9.17) is 5.11 Å². The fourth-order valence-corrected chi connectivity index (χ4v) is 3.53. The van der Waals surface area contributed by atoms with Crippen LogP contribution in [0.3, 0.4) is 0 Å². The van der Waals surface area contributed by atoms with Crippen LogP contribution in [0.5, 0.6) is 0 Å². The van der Waals surface area contributed by atoms with Crippen LogP contribution in [0.15, 0.2) is 18.2 Å². The highest BCUT2D eigenvalue weighted by atomic mass is 19.1. The molecule has 0 aromatic heterocycles. The largest absolute Gasteiger partial charge is 0.396 e. The first kappa shape index (κ1) is 16.9. The Bertz CT molecular complexity index is 627. The van der Waals surface area contributed by atoms with E-state index in [0.29, 0.717) is 24.6 Å². The molecule has 1 aliphatic carbocycles. The molecule has 2 fully saturated rings. The molecule has 3 rings (SSSR count). The van der Waals surface area contributed by atoms with Gasteiger partial charge in [0.25, 0.3) is 5.91 Å². The molecule has 0 radical (unpaired) electrons. The van der Waals surface area contributed by atoms with Gasteiger partial charge in [0, 0.05) is 31.3 Å². The summed E-state index contributed by atoms with van der Waals surface area (Å²) in [6, 6.07) is 4.27. The van der Waals surface area contributed by atoms with Crippen LogP contribution in [0.4, 0.5) is 10.1 Å². The van der Waals surface area contributed by atoms with Crippen LogP contribution in [0, 0.1) is 11.7 Å². The molecule has 2 amide bonds. The molecule has 1 saturated carbocycles. The molecule has 5 nitrogen and oxygen atoms in total. The molecule has 0 bridgehead atoms. The second-order valence-electron chi connectivity index (χ2n) is 6.69. The number of hydrogen-bond donors (Lipinski definition) is 2. The van der Waals surface area contributed by atoms with Gasteiger partial charge in [-0.2, -0.15) is 0 Å². The lowest BCUT2D eigenvalue weighted by Gasteiger charge is -2.28. The highest BCUT2D eigenvalue weighted by Gasteiger charge is 2.26. The van der Waals surface area contributed by atoms with Gasteiger partial charge >= 0.3 is 0 Å². The maximum atomic E-state index is 14.1. The average Bonchev–Trinajstić information content (AvgIpc) is 3.02. The molecule has 0 spiro atoms. The summed E-state index contributed by atoms with van der Waals surface area (Å²) in [5, 5.41) is 12.0. The third kappa shape index (κ3) is 3.59. The quantitative estimate of drug-likeness (QED) is 0.887. The highest BCUT2D eigenvalue weighted by molar-refractivity contribution is 5.99. The number of anilines is 1. The van der Waals surface area contributed by atoms with E-state index in [1.165, 1.54) is 12.1 Å². The number of aliphatic hydroxyl groups is 1. The summed E-state index contributed by atoms with van der Waals surface area (Å²) in [5.74, 6) is -0.699. The van der Waals surface area contributed by atoms with E-state index in [-0.39, 0.29) is 24.1 Å². The fourth-order valence-electron chi connectivity index (χ4n) is 3.53. The number of benzene rings is 1. The Morgan fingerprint density at radius 2 is 2.04 bits per heavy atom. The number of aliphatic hydroxyl groups excluding tert-OH is 1. The Morgan fingerprint density at radius 3 is 2.67 bits per heavy atom. The first-order valence-corrected chi connectivity index (χ1v) is 8.60. The lowest BCUT2D eigenvalue weighted by molar-refractivity contribution is -0.117. The van der Waals surface area contributed by atoms with Gasteiger partial charge in [-0.05, 0) is 56.2 Å². The second kappa shape index (κ2) is 7.30. The molecule has 130 valence electrons. The summed E-state index contributed by atoms with van der Waals surface area (Å²) in [5.41, 5.74) is 0.560. The molecular weight excluding hydrogens is 311 g/mol. The van der Waals surface area contributed by atoms with Gasteiger partial charge < -0.3 is 15.3 Å². The molecule has 1 heterocycles. The number of nitrogens with one attached hydrogen (secondary N) is 1. The predicted octanol–water partition coefficient (Wildman–Crippen LogP) is 2.23. The molecule has 24 heavy (non-hydrogen) atoms. The number of nitrogens with zero attached hydrogens (tertiary/aromatic N) is 1. The number of hydrogen-bond acceptors (Lipinski definition) is 3. The van der Waals surface area contributed by atoms with E-state index in [2.05, 4.69) is 5.32 Å². The third-order valence-corrected chi connectivity index (χ3v) is 5.02. The molecule has 6 heteroatoms. The van der Waals surface area contributed by atoms with Crippen molar-refractivity contribution < 1.29 is 19.1 Å². The SMILES string of the molecule is O=C(NC1CCC(CO)CC1)c1cc(N2CCCC2=O)ccc1F. The maximum Gasteiger partial charge on any atom is 0.254 e. The minimum Gasteiger partial charge on any atom is -0.396 e. The van der Waals surface area contributed by atoms with Crippen molar-refractivity contribution in [3.63, 3.8) is 0 Å². The lowest BCUT2D eigenvalue weighted by atomic mass is 9.86. The van der Waals surface area contributed by atoms with Gasteiger partial charge in [-0.25, -0.2) is 4.39 Å². The smallest absolute Gasteiger partial charge is 0.254 e. The van der Waals surface area contributed by atoms with Crippen LogP contribution in [0.1, 0.15) is 48.9 Å². The number of amides is 2. The van der Waals surface area contributed by atoms with Crippen molar-refractivity contribution >= 4 is 17.5 Å². The average molecular weight is 334 g/mol. The number of halogens is 1. The monoisotopic (exact) mass is 334 g/mol. The van der Waals surface area contributed by atoms with Crippen molar-refractivity contribution in [3.05, 3.63) is 29.6 Å². The molecule has 2 N–H and O–H groups in total. The fraction of sp³-hybridized carbons (Fsp3) is 0.556. The van der Waals surface area contributed by atoms with Gasteiger partial charge in [0.05, 0.1) is 5.56 Å². The molecule has 1 aromatic carbocycles. The molecule has 2 aliphatic rings. The van der Waals surface area contributed by atoms with Crippen LogP contribution < -0.4 is 10.2 Å². The van der Waals surface area contributed by atoms with Gasteiger partial charge in [0.15, 0.2) is 0 Å². The maximum absolute atomic E-state index is 14.1. The summed E-state index contributed by atoms with van der Waals surface area (Å²) < 4.78 is 14.1. The molecule has 0 atom stereocenters. The highest BCUT2D eigenvalue weighted by Crippen LogP contribution is 2.26. The zero-order chi connectivity index (χ0) is 17.1. The van der Waals surface area contributed by atoms with Gasteiger partial charge in [-0.15, -0.1) is 0 Å². The Kier molecular flexibility index (Phi) is 5.14. The zero-order valence-corrected chi connectivity index (χ0v) is 13.6. The first-order chi connectivity index (χ1) is 11.6.